The monoisotopic (exact) mass is 290 g/mol. The molecule has 114 valence electrons. The molecule has 0 atom stereocenters. The molecule has 0 heterocycles. The van der Waals surface area contributed by atoms with E-state index >= 15 is 0 Å². The van der Waals surface area contributed by atoms with Gasteiger partial charge in [0.1, 0.15) is 17.3 Å². The third kappa shape index (κ3) is 4.43. The lowest BCUT2D eigenvalue weighted by Gasteiger charge is -2.30. The van der Waals surface area contributed by atoms with Crippen molar-refractivity contribution in [2.45, 2.75) is 39.8 Å². The Bertz CT molecular complexity index is 527. The van der Waals surface area contributed by atoms with Crippen LogP contribution in [0, 0.1) is 21.4 Å². The fourth-order valence-electron chi connectivity index (χ4n) is 2.41. The Hall–Kier alpha value is -2.13. The summed E-state index contributed by atoms with van der Waals surface area (Å²) in [6.45, 7) is 9.87. The van der Waals surface area contributed by atoms with Crippen LogP contribution in [-0.2, 0) is 0 Å². The van der Waals surface area contributed by atoms with Gasteiger partial charge in [0.25, 0.3) is 0 Å². The Kier molecular flexibility index (Phi) is 6.12. The van der Waals surface area contributed by atoms with Crippen LogP contribution < -0.4 is 5.32 Å². The Morgan fingerprint density at radius 3 is 2.43 bits per heavy atom. The maximum absolute atomic E-state index is 11.1. The molecule has 21 heavy (non-hydrogen) atoms. The highest BCUT2D eigenvalue weighted by Gasteiger charge is 2.19. The average Bonchev–Trinajstić information content (AvgIpc) is 2.41. The molecule has 0 radical (unpaired) electrons. The molecule has 0 saturated carbocycles. The zero-order valence-electron chi connectivity index (χ0n) is 13.0. The highest BCUT2D eigenvalue weighted by atomic mass is 16.6. The SMILES string of the molecule is CC(C)N(CCNc1cccc(C#N)c1[N+](=O)[O-])C(C)C. The zero-order valence-corrected chi connectivity index (χ0v) is 13.0. The number of anilines is 1. The molecule has 0 fully saturated rings. The Morgan fingerprint density at radius 2 is 1.95 bits per heavy atom. The van der Waals surface area contributed by atoms with Crippen molar-refractivity contribution in [2.24, 2.45) is 0 Å². The van der Waals surface area contributed by atoms with Crippen LogP contribution in [0.25, 0.3) is 0 Å². The minimum absolute atomic E-state index is 0.0783. The first-order valence-electron chi connectivity index (χ1n) is 7.05. The van der Waals surface area contributed by atoms with Crippen molar-refractivity contribution in [3.63, 3.8) is 0 Å². The van der Waals surface area contributed by atoms with Crippen molar-refractivity contribution in [3.8, 4) is 6.07 Å². The van der Waals surface area contributed by atoms with Crippen LogP contribution >= 0.6 is 0 Å². The molecule has 0 aromatic heterocycles. The third-order valence-electron chi connectivity index (χ3n) is 3.35. The standard InChI is InChI=1S/C15H22N4O2/c1-11(2)18(12(3)4)9-8-17-14-7-5-6-13(10-16)15(14)19(20)21/h5-7,11-12,17H,8-9H2,1-4H3. The van der Waals surface area contributed by atoms with Gasteiger partial charge in [-0.05, 0) is 39.8 Å². The first-order chi connectivity index (χ1) is 9.88. The highest BCUT2D eigenvalue weighted by molar-refractivity contribution is 5.68. The van der Waals surface area contributed by atoms with E-state index in [0.717, 1.165) is 6.54 Å². The predicted octanol–water partition coefficient (Wildman–Crippen LogP) is 3.00. The molecular formula is C15H22N4O2. The van der Waals surface area contributed by atoms with E-state index in [1.807, 2.05) is 6.07 Å². The summed E-state index contributed by atoms with van der Waals surface area (Å²) in [5.74, 6) is 0. The van der Waals surface area contributed by atoms with Crippen molar-refractivity contribution >= 4 is 11.4 Å². The lowest BCUT2D eigenvalue weighted by molar-refractivity contribution is -0.384. The van der Waals surface area contributed by atoms with Crippen LogP contribution in [0.4, 0.5) is 11.4 Å². The summed E-state index contributed by atoms with van der Waals surface area (Å²) in [4.78, 5) is 12.9. The lowest BCUT2D eigenvalue weighted by atomic mass is 10.1. The first kappa shape index (κ1) is 16.9. The number of nitrogens with zero attached hydrogens (tertiary/aromatic N) is 3. The zero-order chi connectivity index (χ0) is 16.0. The van der Waals surface area contributed by atoms with Crippen LogP contribution in [0.1, 0.15) is 33.3 Å². The van der Waals surface area contributed by atoms with Gasteiger partial charge in [0.05, 0.1) is 4.92 Å². The van der Waals surface area contributed by atoms with E-state index in [-0.39, 0.29) is 11.3 Å². The second kappa shape index (κ2) is 7.60. The van der Waals surface area contributed by atoms with Crippen molar-refractivity contribution in [1.82, 2.24) is 4.90 Å². The normalized spacial score (nSPS) is 11.0. The number of hydrogen-bond acceptors (Lipinski definition) is 5. The number of benzene rings is 1. The van der Waals surface area contributed by atoms with Gasteiger partial charge in [-0.25, -0.2) is 0 Å². The summed E-state index contributed by atoms with van der Waals surface area (Å²) in [5, 5.41) is 23.2. The largest absolute Gasteiger partial charge is 0.378 e. The predicted molar refractivity (Wildman–Crippen MR) is 83.3 cm³/mol. The van der Waals surface area contributed by atoms with E-state index in [2.05, 4.69) is 37.9 Å². The van der Waals surface area contributed by atoms with Crippen molar-refractivity contribution < 1.29 is 4.92 Å². The molecule has 1 N–H and O–H groups in total. The number of nitrogens with one attached hydrogen (secondary N) is 1. The molecule has 0 saturated heterocycles. The van der Waals surface area contributed by atoms with Gasteiger partial charge in [-0.1, -0.05) is 6.07 Å². The summed E-state index contributed by atoms with van der Waals surface area (Å²) in [7, 11) is 0. The van der Waals surface area contributed by atoms with E-state index in [1.54, 1.807) is 12.1 Å². The molecule has 0 aliphatic rings. The topological polar surface area (TPSA) is 82.2 Å². The van der Waals surface area contributed by atoms with Gasteiger partial charge >= 0.3 is 5.69 Å². The highest BCUT2D eigenvalue weighted by Crippen LogP contribution is 2.27. The smallest absolute Gasteiger partial charge is 0.309 e. The number of nitriles is 1. The van der Waals surface area contributed by atoms with E-state index < -0.39 is 4.92 Å². The fraction of sp³-hybridized carbons (Fsp3) is 0.533. The summed E-state index contributed by atoms with van der Waals surface area (Å²) in [6, 6.07) is 7.42. The quantitative estimate of drug-likeness (QED) is 0.616. The van der Waals surface area contributed by atoms with Gasteiger partial charge in [0.15, 0.2) is 0 Å². The number of nitro benzene ring substituents is 1. The third-order valence-corrected chi connectivity index (χ3v) is 3.35. The molecule has 0 aliphatic heterocycles. The average molecular weight is 290 g/mol. The molecule has 1 aromatic rings. The van der Waals surface area contributed by atoms with E-state index in [1.165, 1.54) is 6.07 Å². The number of rotatable bonds is 7. The minimum atomic E-state index is -0.510. The molecule has 1 aromatic carbocycles. The van der Waals surface area contributed by atoms with Crippen molar-refractivity contribution in [2.75, 3.05) is 18.4 Å². The molecular weight excluding hydrogens is 268 g/mol. The first-order valence-corrected chi connectivity index (χ1v) is 7.05. The van der Waals surface area contributed by atoms with Gasteiger partial charge in [0.2, 0.25) is 0 Å². The molecule has 6 heteroatoms. The molecule has 0 aliphatic carbocycles. The molecule has 6 nitrogen and oxygen atoms in total. The Balaban J connectivity index is 2.81. The number of hydrogen-bond donors (Lipinski definition) is 1. The van der Waals surface area contributed by atoms with E-state index in [0.29, 0.717) is 24.3 Å². The van der Waals surface area contributed by atoms with Crippen molar-refractivity contribution in [3.05, 3.63) is 33.9 Å². The summed E-state index contributed by atoms with van der Waals surface area (Å²) in [5.41, 5.74) is 0.321. The minimum Gasteiger partial charge on any atom is -0.378 e. The van der Waals surface area contributed by atoms with Crippen molar-refractivity contribution in [1.29, 1.82) is 5.26 Å². The second-order valence-corrected chi connectivity index (χ2v) is 5.42. The molecule has 0 unspecified atom stereocenters. The van der Waals surface area contributed by atoms with Gasteiger partial charge in [-0.15, -0.1) is 0 Å². The summed E-state index contributed by atoms with van der Waals surface area (Å²) < 4.78 is 0. The number of nitro groups is 1. The van der Waals surface area contributed by atoms with Crippen LogP contribution in [0.15, 0.2) is 18.2 Å². The van der Waals surface area contributed by atoms with Crippen LogP contribution in [-0.4, -0.2) is 35.0 Å². The Labute approximate surface area is 125 Å². The van der Waals surface area contributed by atoms with E-state index in [4.69, 9.17) is 5.26 Å². The number of para-hydroxylation sites is 1. The second-order valence-electron chi connectivity index (χ2n) is 5.42. The van der Waals surface area contributed by atoms with Crippen LogP contribution in [0.3, 0.4) is 0 Å². The van der Waals surface area contributed by atoms with Gasteiger partial charge in [0, 0.05) is 25.2 Å². The molecule has 0 amide bonds. The van der Waals surface area contributed by atoms with Gasteiger partial charge < -0.3 is 5.32 Å². The molecule has 0 spiro atoms. The van der Waals surface area contributed by atoms with E-state index in [9.17, 15) is 10.1 Å². The van der Waals surface area contributed by atoms with Crippen LogP contribution in [0.2, 0.25) is 0 Å². The van der Waals surface area contributed by atoms with Gasteiger partial charge in [-0.2, -0.15) is 5.26 Å². The maximum atomic E-state index is 11.1. The molecule has 1 rings (SSSR count). The maximum Gasteiger partial charge on any atom is 0.309 e. The Morgan fingerprint density at radius 1 is 1.33 bits per heavy atom. The summed E-state index contributed by atoms with van der Waals surface area (Å²) >= 11 is 0. The van der Waals surface area contributed by atoms with Gasteiger partial charge in [-0.3, -0.25) is 15.0 Å². The summed E-state index contributed by atoms with van der Waals surface area (Å²) in [6.07, 6.45) is 0. The lowest BCUT2D eigenvalue weighted by Crippen LogP contribution is -2.40. The fourth-order valence-corrected chi connectivity index (χ4v) is 2.41. The van der Waals surface area contributed by atoms with Crippen LogP contribution in [0.5, 0.6) is 0 Å². The molecule has 0 bridgehead atoms.